The third-order valence-corrected chi connectivity index (χ3v) is 5.90. The van der Waals surface area contributed by atoms with Crippen LogP contribution in [0.3, 0.4) is 0 Å². The summed E-state index contributed by atoms with van der Waals surface area (Å²) in [6, 6.07) is 5.12. The van der Waals surface area contributed by atoms with Crippen molar-refractivity contribution in [2.45, 2.75) is 26.4 Å². The van der Waals surface area contributed by atoms with Crippen LogP contribution in [-0.2, 0) is 11.3 Å². The second-order valence-electron chi connectivity index (χ2n) is 7.23. The van der Waals surface area contributed by atoms with Crippen molar-refractivity contribution in [2.24, 2.45) is 0 Å². The van der Waals surface area contributed by atoms with E-state index < -0.39 is 5.82 Å². The number of nitrogens with one attached hydrogen (secondary N) is 2. The topological polar surface area (TPSA) is 105 Å². The van der Waals surface area contributed by atoms with E-state index in [0.717, 1.165) is 0 Å². The molecule has 2 amide bonds. The molecule has 1 aliphatic rings. The number of fused-ring (bicyclic) bond motifs is 1. The maximum absolute atomic E-state index is 13.3. The monoisotopic (exact) mass is 443 g/mol. The molecule has 4 rings (SSSR count). The molecular formula is C20H22FN7O2S. The summed E-state index contributed by atoms with van der Waals surface area (Å²) in [6.45, 7) is 4.75. The molecule has 0 saturated carbocycles. The normalized spacial score (nSPS) is 15.6. The second kappa shape index (κ2) is 8.52. The Bertz CT molecular complexity index is 1130. The third-order valence-electron chi connectivity index (χ3n) is 5.10. The molecule has 0 radical (unpaired) electrons. The first-order valence-corrected chi connectivity index (χ1v) is 10.6. The van der Waals surface area contributed by atoms with Crippen LogP contribution in [-0.4, -0.2) is 55.8 Å². The van der Waals surface area contributed by atoms with E-state index in [9.17, 15) is 14.0 Å². The number of amides is 2. The van der Waals surface area contributed by atoms with Gasteiger partial charge < -0.3 is 20.1 Å². The number of rotatable bonds is 5. The van der Waals surface area contributed by atoms with Gasteiger partial charge in [0.05, 0.1) is 18.3 Å². The fourth-order valence-electron chi connectivity index (χ4n) is 3.68. The quantitative estimate of drug-likeness (QED) is 0.627. The zero-order valence-electron chi connectivity index (χ0n) is 17.3. The van der Waals surface area contributed by atoms with Crippen LogP contribution in [0.1, 0.15) is 34.8 Å². The average Bonchev–Trinajstić information content (AvgIpc) is 3.32. The summed E-state index contributed by atoms with van der Waals surface area (Å²) in [5, 5.41) is 6.30. The minimum atomic E-state index is -0.396. The highest BCUT2D eigenvalue weighted by molar-refractivity contribution is 7.09. The number of benzene rings is 1. The van der Waals surface area contributed by atoms with E-state index in [1.807, 2.05) is 11.5 Å². The van der Waals surface area contributed by atoms with Crippen molar-refractivity contribution in [3.05, 3.63) is 47.2 Å². The highest BCUT2D eigenvalue weighted by Crippen LogP contribution is 2.36. The summed E-state index contributed by atoms with van der Waals surface area (Å²) >= 11 is 1.24. The van der Waals surface area contributed by atoms with Crippen LogP contribution in [0.2, 0.25) is 0 Å². The number of carbonyl (C=O) groups excluding carboxylic acids is 2. The summed E-state index contributed by atoms with van der Waals surface area (Å²) in [5.74, 6) is 0.814. The summed E-state index contributed by atoms with van der Waals surface area (Å²) in [4.78, 5) is 36.1. The fraction of sp³-hybridized carbons (Fsp3) is 0.350. The lowest BCUT2D eigenvalue weighted by molar-refractivity contribution is -0.115. The van der Waals surface area contributed by atoms with Crippen LogP contribution in [0.15, 0.2) is 24.3 Å². The molecular weight excluding hydrogens is 421 g/mol. The van der Waals surface area contributed by atoms with E-state index in [1.165, 1.54) is 35.8 Å². The largest absolute Gasteiger partial charge is 0.328 e. The van der Waals surface area contributed by atoms with Gasteiger partial charge in [0.2, 0.25) is 5.91 Å². The van der Waals surface area contributed by atoms with Crippen LogP contribution in [0.25, 0.3) is 10.8 Å². The van der Waals surface area contributed by atoms with Crippen LogP contribution in [0.4, 0.5) is 10.2 Å². The van der Waals surface area contributed by atoms with Crippen molar-refractivity contribution in [3.8, 4) is 10.8 Å². The molecule has 162 valence electrons. The number of carbonyl (C=O) groups is 2. The number of halogens is 1. The number of imidazole rings is 1. The van der Waals surface area contributed by atoms with Crippen LogP contribution in [0, 0.1) is 12.7 Å². The molecule has 0 aliphatic carbocycles. The van der Waals surface area contributed by atoms with Gasteiger partial charge in [-0.1, -0.05) is 0 Å². The lowest BCUT2D eigenvalue weighted by atomic mass is 10.1. The summed E-state index contributed by atoms with van der Waals surface area (Å²) in [7, 11) is 1.68. The summed E-state index contributed by atoms with van der Waals surface area (Å²) in [6.07, 6.45) is 0. The Morgan fingerprint density at radius 1 is 1.23 bits per heavy atom. The van der Waals surface area contributed by atoms with Crippen molar-refractivity contribution in [1.29, 1.82) is 0 Å². The molecule has 2 N–H and O–H groups in total. The second-order valence-corrected chi connectivity index (χ2v) is 7.98. The van der Waals surface area contributed by atoms with Crippen LogP contribution >= 0.6 is 11.5 Å². The Hall–Kier alpha value is -3.18. The van der Waals surface area contributed by atoms with Crippen molar-refractivity contribution < 1.29 is 14.0 Å². The van der Waals surface area contributed by atoms with E-state index in [1.54, 1.807) is 18.9 Å². The van der Waals surface area contributed by atoms with E-state index in [-0.39, 0.29) is 24.4 Å². The molecule has 9 nitrogen and oxygen atoms in total. The maximum atomic E-state index is 13.3. The van der Waals surface area contributed by atoms with Gasteiger partial charge in [-0.25, -0.2) is 14.4 Å². The zero-order chi connectivity index (χ0) is 22.1. The molecule has 0 fully saturated rings. The average molecular weight is 444 g/mol. The van der Waals surface area contributed by atoms with Gasteiger partial charge in [0.15, 0.2) is 16.6 Å². The highest BCUT2D eigenvalue weighted by atomic mass is 32.1. The van der Waals surface area contributed by atoms with Gasteiger partial charge in [0, 0.05) is 18.7 Å². The molecule has 2 aromatic heterocycles. The van der Waals surface area contributed by atoms with Crippen molar-refractivity contribution in [1.82, 2.24) is 29.1 Å². The van der Waals surface area contributed by atoms with Gasteiger partial charge in [-0.15, -0.1) is 0 Å². The number of anilines is 1. The predicted octanol–water partition coefficient (Wildman–Crippen LogP) is 2.22. The molecule has 1 unspecified atom stereocenters. The molecule has 11 heteroatoms. The number of hydrogen-bond acceptors (Lipinski definition) is 7. The summed E-state index contributed by atoms with van der Waals surface area (Å²) in [5.41, 5.74) is 1.12. The molecule has 1 aliphatic heterocycles. The van der Waals surface area contributed by atoms with Gasteiger partial charge in [-0.3, -0.25) is 9.59 Å². The lowest BCUT2D eigenvalue weighted by Crippen LogP contribution is -2.41. The van der Waals surface area contributed by atoms with E-state index in [4.69, 9.17) is 0 Å². The zero-order valence-corrected chi connectivity index (χ0v) is 18.2. The number of likely N-dealkylation sites (N-methyl/N-ethyl adjacent to an activating group) is 1. The van der Waals surface area contributed by atoms with Gasteiger partial charge in [0.25, 0.3) is 5.91 Å². The van der Waals surface area contributed by atoms with Gasteiger partial charge in [-0.05, 0) is 56.7 Å². The van der Waals surface area contributed by atoms with E-state index >= 15 is 0 Å². The first-order valence-electron chi connectivity index (χ1n) is 9.81. The first kappa shape index (κ1) is 21.1. The number of nitrogens with zero attached hydrogens (tertiary/aromatic N) is 5. The Morgan fingerprint density at radius 3 is 2.61 bits per heavy atom. The van der Waals surface area contributed by atoms with Crippen LogP contribution in [0.5, 0.6) is 0 Å². The molecule has 0 spiro atoms. The van der Waals surface area contributed by atoms with Gasteiger partial charge in [-0.2, -0.15) is 4.37 Å². The highest BCUT2D eigenvalue weighted by Gasteiger charge is 2.34. The summed E-state index contributed by atoms with van der Waals surface area (Å²) < 4.78 is 19.5. The number of aromatic nitrogens is 4. The number of aryl methyl sites for hydroxylation is 1. The van der Waals surface area contributed by atoms with Crippen molar-refractivity contribution >= 4 is 29.2 Å². The van der Waals surface area contributed by atoms with Crippen molar-refractivity contribution in [3.63, 3.8) is 0 Å². The maximum Gasteiger partial charge on any atom is 0.254 e. The molecule has 3 heterocycles. The number of hydrogen-bond donors (Lipinski definition) is 2. The minimum Gasteiger partial charge on any atom is -0.328 e. The third kappa shape index (κ3) is 4.06. The standard InChI is InChI=1S/C20H22FN7O2S/c1-11-16-17(24-15(29)10-22-3)25-18(19-23-12(2)26-31-19)28(16)9-8-27(11)20(30)13-4-6-14(21)7-5-13/h4-7,11,22H,8-10H2,1-3H3,(H,24,29). The predicted molar refractivity (Wildman–Crippen MR) is 114 cm³/mol. The van der Waals surface area contributed by atoms with E-state index in [2.05, 4.69) is 25.0 Å². The molecule has 0 saturated heterocycles. The minimum absolute atomic E-state index is 0.131. The Morgan fingerprint density at radius 2 is 1.97 bits per heavy atom. The fourth-order valence-corrected chi connectivity index (χ4v) is 4.35. The van der Waals surface area contributed by atoms with Gasteiger partial charge >= 0.3 is 0 Å². The van der Waals surface area contributed by atoms with Crippen LogP contribution < -0.4 is 10.6 Å². The molecule has 1 aromatic carbocycles. The lowest BCUT2D eigenvalue weighted by Gasteiger charge is -2.35. The Labute approximate surface area is 182 Å². The first-order chi connectivity index (χ1) is 14.9. The molecule has 1 atom stereocenters. The molecule has 31 heavy (non-hydrogen) atoms. The SMILES string of the molecule is CNCC(=O)Nc1nc(-c2nc(C)ns2)n2c1C(C)N(C(=O)c1ccc(F)cc1)CC2. The molecule has 0 bridgehead atoms. The molecule has 3 aromatic rings. The van der Waals surface area contributed by atoms with Crippen molar-refractivity contribution in [2.75, 3.05) is 25.5 Å². The Balaban J connectivity index is 1.73. The van der Waals surface area contributed by atoms with Gasteiger partial charge in [0.1, 0.15) is 11.6 Å². The van der Waals surface area contributed by atoms with E-state index in [0.29, 0.717) is 46.8 Å². The Kier molecular flexibility index (Phi) is 5.79. The smallest absolute Gasteiger partial charge is 0.254 e.